The Morgan fingerprint density at radius 1 is 1.11 bits per heavy atom. The van der Waals surface area contributed by atoms with Gasteiger partial charge in [-0.15, -0.1) is 0 Å². The average Bonchev–Trinajstić information content (AvgIpc) is 2.66. The highest BCUT2D eigenvalue weighted by molar-refractivity contribution is 7.88. The first-order valence-corrected chi connectivity index (χ1v) is 11.6. The zero-order chi connectivity index (χ0) is 21.0. The summed E-state index contributed by atoms with van der Waals surface area (Å²) >= 11 is 0. The maximum Gasteiger partial charge on any atom is 0.215 e. The molecule has 1 aromatic carbocycles. The molecule has 0 aliphatic carbocycles. The molecule has 160 valence electrons. The van der Waals surface area contributed by atoms with Crippen LogP contribution in [0.2, 0.25) is 0 Å². The van der Waals surface area contributed by atoms with E-state index in [0.717, 1.165) is 43.2 Å². The number of rotatable bonds is 12. The van der Waals surface area contributed by atoms with E-state index in [-0.39, 0.29) is 11.9 Å². The Morgan fingerprint density at radius 3 is 2.29 bits per heavy atom. The first-order valence-electron chi connectivity index (χ1n) is 9.94. The highest BCUT2D eigenvalue weighted by Crippen LogP contribution is 2.10. The van der Waals surface area contributed by atoms with Crippen LogP contribution in [0, 0.1) is 5.92 Å². The van der Waals surface area contributed by atoms with Crippen molar-refractivity contribution in [2.24, 2.45) is 10.9 Å². The summed E-state index contributed by atoms with van der Waals surface area (Å²) in [5, 5.41) is 6.60. The molecule has 3 N–H and O–H groups in total. The quantitative estimate of drug-likeness (QED) is 0.362. The molecular weight excluding hydrogens is 376 g/mol. The first-order chi connectivity index (χ1) is 13.3. The van der Waals surface area contributed by atoms with Crippen LogP contribution >= 0.6 is 0 Å². The smallest absolute Gasteiger partial charge is 0.215 e. The second-order valence-corrected chi connectivity index (χ2v) is 8.85. The molecule has 0 radical (unpaired) electrons. The number of ether oxygens (including phenoxy) is 1. The lowest BCUT2D eigenvalue weighted by molar-refractivity contribution is 0.0258. The Bertz CT molecular complexity index is 688. The molecule has 0 aliphatic rings. The van der Waals surface area contributed by atoms with Crippen LogP contribution in [0.25, 0.3) is 0 Å². The summed E-state index contributed by atoms with van der Waals surface area (Å²) in [4.78, 5) is 4.61. The molecule has 1 atom stereocenters. The fraction of sp³-hybridized carbons (Fsp3) is 0.650. The van der Waals surface area contributed by atoms with E-state index in [1.165, 1.54) is 7.05 Å². The maximum atomic E-state index is 11.6. The van der Waals surface area contributed by atoms with Gasteiger partial charge in [0.1, 0.15) is 0 Å². The molecule has 0 heterocycles. The van der Waals surface area contributed by atoms with Gasteiger partial charge in [-0.25, -0.2) is 18.1 Å². The van der Waals surface area contributed by atoms with Crippen LogP contribution in [0.5, 0.6) is 0 Å². The minimum Gasteiger partial charge on any atom is -0.378 e. The van der Waals surface area contributed by atoms with Crippen LogP contribution < -0.4 is 15.4 Å². The van der Waals surface area contributed by atoms with Gasteiger partial charge >= 0.3 is 0 Å². The van der Waals surface area contributed by atoms with Crippen molar-refractivity contribution in [3.8, 4) is 0 Å². The predicted molar refractivity (Wildman–Crippen MR) is 116 cm³/mol. The van der Waals surface area contributed by atoms with Gasteiger partial charge in [0.2, 0.25) is 10.0 Å². The molecule has 1 unspecified atom stereocenters. The van der Waals surface area contributed by atoms with Gasteiger partial charge in [0, 0.05) is 19.7 Å². The fourth-order valence-corrected chi connectivity index (χ4v) is 3.48. The molecule has 0 aliphatic heterocycles. The molecule has 0 aromatic heterocycles. The van der Waals surface area contributed by atoms with Gasteiger partial charge in [0.05, 0.1) is 18.4 Å². The molecule has 8 heteroatoms. The summed E-state index contributed by atoms with van der Waals surface area (Å²) in [5.41, 5.74) is 1.78. The van der Waals surface area contributed by atoms with E-state index in [4.69, 9.17) is 4.74 Å². The molecule has 0 amide bonds. The Kier molecular flexibility index (Phi) is 11.1. The van der Waals surface area contributed by atoms with Gasteiger partial charge in [0.15, 0.2) is 5.96 Å². The number of aliphatic imine (C=N–C) groups is 1. The van der Waals surface area contributed by atoms with E-state index in [1.54, 1.807) is 0 Å². The van der Waals surface area contributed by atoms with Crippen LogP contribution in [-0.4, -0.2) is 47.2 Å². The summed E-state index contributed by atoms with van der Waals surface area (Å²) in [7, 11) is -1.83. The molecular formula is C20H36N4O3S. The lowest BCUT2D eigenvalue weighted by atomic mass is 10.0. The van der Waals surface area contributed by atoms with Crippen LogP contribution in [0.3, 0.4) is 0 Å². The highest BCUT2D eigenvalue weighted by atomic mass is 32.2. The third kappa shape index (κ3) is 9.52. The lowest BCUT2D eigenvalue weighted by Gasteiger charge is -2.21. The van der Waals surface area contributed by atoms with Gasteiger partial charge in [-0.05, 0) is 44.4 Å². The summed E-state index contributed by atoms with van der Waals surface area (Å²) in [6.07, 6.45) is 1.16. The molecule has 0 bridgehead atoms. The summed E-state index contributed by atoms with van der Waals surface area (Å²) in [6, 6.07) is 7.49. The number of benzene rings is 1. The zero-order valence-corrected chi connectivity index (χ0v) is 18.6. The molecule has 1 aromatic rings. The number of hydrogen-bond acceptors (Lipinski definition) is 4. The van der Waals surface area contributed by atoms with Crippen LogP contribution in [0.4, 0.5) is 0 Å². The Morgan fingerprint density at radius 2 is 1.75 bits per heavy atom. The van der Waals surface area contributed by atoms with E-state index < -0.39 is 10.0 Å². The largest absolute Gasteiger partial charge is 0.378 e. The number of sulfonamides is 1. The number of guanidine groups is 1. The number of hydrogen-bond donors (Lipinski definition) is 3. The minimum atomic E-state index is -3.25. The van der Waals surface area contributed by atoms with E-state index >= 15 is 0 Å². The van der Waals surface area contributed by atoms with Crippen molar-refractivity contribution < 1.29 is 13.2 Å². The van der Waals surface area contributed by atoms with E-state index in [0.29, 0.717) is 12.5 Å². The average molecular weight is 413 g/mol. The SMILES string of the molecule is CCNC(=NCc1ccc(CS(=O)(=O)NC)cc1)NCCC(OCC)C(C)C. The fourth-order valence-electron chi connectivity index (χ4n) is 2.70. The van der Waals surface area contributed by atoms with Crippen LogP contribution in [0.15, 0.2) is 29.3 Å². The van der Waals surface area contributed by atoms with Gasteiger partial charge in [-0.2, -0.15) is 0 Å². The maximum absolute atomic E-state index is 11.6. The van der Waals surface area contributed by atoms with E-state index in [2.05, 4.69) is 34.2 Å². The zero-order valence-electron chi connectivity index (χ0n) is 17.8. The lowest BCUT2D eigenvalue weighted by Crippen LogP contribution is -2.39. The number of nitrogens with zero attached hydrogens (tertiary/aromatic N) is 1. The third-order valence-corrected chi connectivity index (χ3v) is 5.64. The summed E-state index contributed by atoms with van der Waals surface area (Å²) in [6.45, 7) is 11.2. The summed E-state index contributed by atoms with van der Waals surface area (Å²) < 4.78 is 31.3. The van der Waals surface area contributed by atoms with Crippen molar-refractivity contribution in [2.45, 2.75) is 52.5 Å². The van der Waals surface area contributed by atoms with Crippen LogP contribution in [-0.2, 0) is 27.1 Å². The monoisotopic (exact) mass is 412 g/mol. The van der Waals surface area contributed by atoms with E-state index in [9.17, 15) is 8.42 Å². The highest BCUT2D eigenvalue weighted by Gasteiger charge is 2.13. The van der Waals surface area contributed by atoms with Crippen molar-refractivity contribution in [3.05, 3.63) is 35.4 Å². The predicted octanol–water partition coefficient (Wildman–Crippen LogP) is 2.24. The van der Waals surface area contributed by atoms with Crippen LogP contribution in [0.1, 0.15) is 45.2 Å². The first kappa shape index (κ1) is 24.4. The number of nitrogens with one attached hydrogen (secondary N) is 3. The Balaban J connectivity index is 2.61. The van der Waals surface area contributed by atoms with Gasteiger partial charge < -0.3 is 15.4 Å². The third-order valence-electron chi connectivity index (χ3n) is 4.30. The van der Waals surface area contributed by atoms with Crippen molar-refractivity contribution >= 4 is 16.0 Å². The molecule has 28 heavy (non-hydrogen) atoms. The van der Waals surface area contributed by atoms with Gasteiger partial charge in [-0.3, -0.25) is 0 Å². The van der Waals surface area contributed by atoms with Crippen molar-refractivity contribution in [1.29, 1.82) is 0 Å². The second kappa shape index (κ2) is 12.7. The Hall–Kier alpha value is -1.64. The van der Waals surface area contributed by atoms with Crippen molar-refractivity contribution in [3.63, 3.8) is 0 Å². The molecule has 7 nitrogen and oxygen atoms in total. The normalized spacial score (nSPS) is 13.6. The standard InChI is InChI=1S/C20H36N4O3S/c1-6-22-20(23-13-12-19(16(3)4)27-7-2)24-14-17-8-10-18(11-9-17)15-28(25,26)21-5/h8-11,16,19,21H,6-7,12-15H2,1-5H3,(H2,22,23,24). The van der Waals surface area contributed by atoms with E-state index in [1.807, 2.05) is 38.1 Å². The minimum absolute atomic E-state index is 0.0197. The Labute approximate surface area is 170 Å². The summed E-state index contributed by atoms with van der Waals surface area (Å²) in [5.74, 6) is 1.23. The van der Waals surface area contributed by atoms with Gasteiger partial charge in [0.25, 0.3) is 0 Å². The molecule has 1 rings (SSSR count). The second-order valence-electron chi connectivity index (χ2n) is 6.93. The van der Waals surface area contributed by atoms with Gasteiger partial charge in [-0.1, -0.05) is 38.1 Å². The van der Waals surface area contributed by atoms with Crippen molar-refractivity contribution in [2.75, 3.05) is 26.7 Å². The molecule has 0 saturated carbocycles. The molecule has 0 fully saturated rings. The topological polar surface area (TPSA) is 91.8 Å². The van der Waals surface area contributed by atoms with Crippen molar-refractivity contribution in [1.82, 2.24) is 15.4 Å². The molecule has 0 spiro atoms. The molecule has 0 saturated heterocycles.